The van der Waals surface area contributed by atoms with E-state index < -0.39 is 6.10 Å². The monoisotopic (exact) mass is 390 g/mol. The van der Waals surface area contributed by atoms with Crippen molar-refractivity contribution in [3.8, 4) is 21.8 Å². The predicted molar refractivity (Wildman–Crippen MR) is 109 cm³/mol. The van der Waals surface area contributed by atoms with Gasteiger partial charge in [0.2, 0.25) is 0 Å². The summed E-state index contributed by atoms with van der Waals surface area (Å²) in [5.74, 6) is -0.124. The number of H-pyrrole nitrogens is 1. The molecule has 1 atom stereocenters. The number of rotatable bonds is 3. The van der Waals surface area contributed by atoms with Gasteiger partial charge >= 0.3 is 0 Å². The van der Waals surface area contributed by atoms with Crippen LogP contribution in [0.5, 0.6) is 0 Å². The van der Waals surface area contributed by atoms with E-state index in [4.69, 9.17) is 0 Å². The molecule has 1 amide bonds. The van der Waals surface area contributed by atoms with Crippen LogP contribution in [0.15, 0.2) is 54.0 Å². The largest absolute Gasteiger partial charge is 0.391 e. The number of thiazole rings is 1. The van der Waals surface area contributed by atoms with Gasteiger partial charge in [-0.05, 0) is 24.1 Å². The maximum absolute atomic E-state index is 12.5. The number of amides is 1. The van der Waals surface area contributed by atoms with Gasteiger partial charge in [0.05, 0.1) is 6.10 Å². The van der Waals surface area contributed by atoms with Gasteiger partial charge in [0.25, 0.3) is 5.91 Å². The number of nitrogens with zero attached hydrogens (tertiary/aromatic N) is 3. The fourth-order valence-electron chi connectivity index (χ4n) is 3.50. The minimum Gasteiger partial charge on any atom is -0.391 e. The van der Waals surface area contributed by atoms with Gasteiger partial charge in [0.1, 0.15) is 16.3 Å². The molecule has 140 valence electrons. The molecule has 0 unspecified atom stereocenters. The third-order valence-electron chi connectivity index (χ3n) is 4.98. The Balaban J connectivity index is 1.43. The zero-order chi connectivity index (χ0) is 19.1. The molecule has 1 aromatic carbocycles. The SMILES string of the molecule is O=C(c1csc(-c2cnc3[nH]c(-c4ccccc4)cc3c2)n1)N1CC[C@H](O)C1. The van der Waals surface area contributed by atoms with Crippen molar-refractivity contribution in [2.45, 2.75) is 12.5 Å². The molecule has 28 heavy (non-hydrogen) atoms. The Morgan fingerprint density at radius 2 is 2.07 bits per heavy atom. The number of β-amino-alcohol motifs (C(OH)–C–C–N with tert-alkyl or cyclic N) is 1. The van der Waals surface area contributed by atoms with Gasteiger partial charge in [-0.15, -0.1) is 11.3 Å². The molecule has 7 heteroatoms. The first-order valence-corrected chi connectivity index (χ1v) is 10.0. The average Bonchev–Trinajstić information content (AvgIpc) is 3.46. The Morgan fingerprint density at radius 3 is 2.86 bits per heavy atom. The number of carbonyl (C=O) groups is 1. The standard InChI is InChI=1S/C21H18N4O2S/c26-16-6-7-25(11-16)21(27)18-12-28-20(24-18)15-8-14-9-17(23-19(14)22-10-15)13-4-2-1-3-5-13/h1-5,8-10,12,16,26H,6-7,11H2,(H,22,23)/t16-/m0/s1. The second-order valence-corrected chi connectivity index (χ2v) is 7.80. The summed E-state index contributed by atoms with van der Waals surface area (Å²) in [4.78, 5) is 26.6. The van der Waals surface area contributed by atoms with Crippen molar-refractivity contribution in [1.29, 1.82) is 0 Å². The molecule has 4 aromatic rings. The van der Waals surface area contributed by atoms with E-state index in [9.17, 15) is 9.90 Å². The van der Waals surface area contributed by atoms with E-state index >= 15 is 0 Å². The van der Waals surface area contributed by atoms with Gasteiger partial charge in [-0.3, -0.25) is 4.79 Å². The number of aliphatic hydroxyl groups is 1. The highest BCUT2D eigenvalue weighted by molar-refractivity contribution is 7.13. The Bertz CT molecular complexity index is 1150. The van der Waals surface area contributed by atoms with Gasteiger partial charge < -0.3 is 15.0 Å². The summed E-state index contributed by atoms with van der Waals surface area (Å²) in [7, 11) is 0. The van der Waals surface area contributed by atoms with E-state index in [1.54, 1.807) is 16.5 Å². The second kappa shape index (κ2) is 6.85. The van der Waals surface area contributed by atoms with Crippen LogP contribution in [-0.2, 0) is 0 Å². The number of hydrogen-bond donors (Lipinski definition) is 2. The molecule has 1 saturated heterocycles. The van der Waals surface area contributed by atoms with Crippen molar-refractivity contribution in [1.82, 2.24) is 19.9 Å². The molecule has 0 aliphatic carbocycles. The lowest BCUT2D eigenvalue weighted by molar-refractivity contribution is 0.0760. The highest BCUT2D eigenvalue weighted by atomic mass is 32.1. The van der Waals surface area contributed by atoms with E-state index in [-0.39, 0.29) is 5.91 Å². The Morgan fingerprint density at radius 1 is 1.21 bits per heavy atom. The molecule has 0 bridgehead atoms. The van der Waals surface area contributed by atoms with Gasteiger partial charge in [0, 0.05) is 41.3 Å². The lowest BCUT2D eigenvalue weighted by Crippen LogP contribution is -2.29. The minimum absolute atomic E-state index is 0.124. The van der Waals surface area contributed by atoms with Gasteiger partial charge in [-0.2, -0.15) is 0 Å². The zero-order valence-electron chi connectivity index (χ0n) is 15.0. The number of aromatic nitrogens is 3. The van der Waals surface area contributed by atoms with Crippen molar-refractivity contribution in [3.05, 3.63) is 59.7 Å². The van der Waals surface area contributed by atoms with Crippen LogP contribution in [0.4, 0.5) is 0 Å². The lowest BCUT2D eigenvalue weighted by Gasteiger charge is -2.13. The summed E-state index contributed by atoms with van der Waals surface area (Å²) in [6.07, 6.45) is 1.97. The number of carbonyl (C=O) groups excluding carboxylic acids is 1. The molecule has 0 radical (unpaired) electrons. The number of hydrogen-bond acceptors (Lipinski definition) is 5. The van der Waals surface area contributed by atoms with E-state index in [0.717, 1.165) is 32.9 Å². The number of fused-ring (bicyclic) bond motifs is 1. The van der Waals surface area contributed by atoms with Crippen molar-refractivity contribution in [3.63, 3.8) is 0 Å². The molecule has 1 aliphatic rings. The predicted octanol–water partition coefficient (Wildman–Crippen LogP) is 3.56. The molecule has 6 nitrogen and oxygen atoms in total. The molecule has 4 heterocycles. The topological polar surface area (TPSA) is 82.1 Å². The van der Waals surface area contributed by atoms with E-state index in [1.165, 1.54) is 11.3 Å². The van der Waals surface area contributed by atoms with E-state index in [1.807, 2.05) is 24.3 Å². The highest BCUT2D eigenvalue weighted by Crippen LogP contribution is 2.29. The number of benzene rings is 1. The summed E-state index contributed by atoms with van der Waals surface area (Å²) in [5.41, 5.74) is 4.26. The first kappa shape index (κ1) is 17.1. The minimum atomic E-state index is -0.430. The number of pyridine rings is 1. The first-order valence-electron chi connectivity index (χ1n) is 9.15. The Labute approximate surface area is 165 Å². The molecule has 0 spiro atoms. The molecular formula is C21H18N4O2S. The average molecular weight is 390 g/mol. The van der Waals surface area contributed by atoms with Crippen LogP contribution in [-0.4, -0.2) is 50.1 Å². The normalized spacial score (nSPS) is 16.8. The first-order chi connectivity index (χ1) is 13.7. The van der Waals surface area contributed by atoms with Gasteiger partial charge in [-0.1, -0.05) is 30.3 Å². The number of aliphatic hydroxyl groups excluding tert-OH is 1. The summed E-state index contributed by atoms with van der Waals surface area (Å²) in [6, 6.07) is 14.2. The van der Waals surface area contributed by atoms with Crippen LogP contribution in [0.2, 0.25) is 0 Å². The van der Waals surface area contributed by atoms with Crippen LogP contribution in [0.25, 0.3) is 32.9 Å². The molecular weight excluding hydrogens is 372 g/mol. The summed E-state index contributed by atoms with van der Waals surface area (Å²) < 4.78 is 0. The zero-order valence-corrected chi connectivity index (χ0v) is 15.8. The van der Waals surface area contributed by atoms with Crippen molar-refractivity contribution < 1.29 is 9.90 Å². The van der Waals surface area contributed by atoms with Crippen LogP contribution in [0.1, 0.15) is 16.9 Å². The Hall–Kier alpha value is -3.03. The lowest BCUT2D eigenvalue weighted by atomic mass is 10.1. The highest BCUT2D eigenvalue weighted by Gasteiger charge is 2.27. The van der Waals surface area contributed by atoms with E-state index in [0.29, 0.717) is 25.2 Å². The van der Waals surface area contributed by atoms with Crippen molar-refractivity contribution >= 4 is 28.3 Å². The quantitative estimate of drug-likeness (QED) is 0.560. The second-order valence-electron chi connectivity index (χ2n) is 6.94. The summed E-state index contributed by atoms with van der Waals surface area (Å²) >= 11 is 1.43. The molecule has 2 N–H and O–H groups in total. The summed E-state index contributed by atoms with van der Waals surface area (Å²) in [6.45, 7) is 0.955. The molecule has 3 aromatic heterocycles. The molecule has 0 saturated carbocycles. The third-order valence-corrected chi connectivity index (χ3v) is 5.87. The van der Waals surface area contributed by atoms with E-state index in [2.05, 4.69) is 33.2 Å². The molecule has 1 aliphatic heterocycles. The molecule has 5 rings (SSSR count). The van der Waals surface area contributed by atoms with Crippen LogP contribution in [0.3, 0.4) is 0 Å². The third kappa shape index (κ3) is 3.08. The summed E-state index contributed by atoms with van der Waals surface area (Å²) in [5, 5.41) is 13.2. The van der Waals surface area contributed by atoms with Gasteiger partial charge in [-0.25, -0.2) is 9.97 Å². The van der Waals surface area contributed by atoms with Crippen LogP contribution in [0, 0.1) is 0 Å². The fourth-order valence-corrected chi connectivity index (χ4v) is 4.27. The van der Waals surface area contributed by atoms with Crippen LogP contribution < -0.4 is 0 Å². The fraction of sp³-hybridized carbons (Fsp3) is 0.190. The number of aromatic amines is 1. The number of likely N-dealkylation sites (tertiary alicyclic amines) is 1. The Kier molecular flexibility index (Phi) is 4.18. The van der Waals surface area contributed by atoms with Crippen LogP contribution >= 0.6 is 11.3 Å². The number of nitrogens with one attached hydrogen (secondary N) is 1. The van der Waals surface area contributed by atoms with Crippen molar-refractivity contribution in [2.75, 3.05) is 13.1 Å². The smallest absolute Gasteiger partial charge is 0.273 e. The molecule has 1 fully saturated rings. The maximum atomic E-state index is 12.5. The van der Waals surface area contributed by atoms with Gasteiger partial charge in [0.15, 0.2) is 0 Å². The maximum Gasteiger partial charge on any atom is 0.273 e. The van der Waals surface area contributed by atoms with Crippen molar-refractivity contribution in [2.24, 2.45) is 0 Å².